The fourth-order valence-corrected chi connectivity index (χ4v) is 5.01. The zero-order valence-electron chi connectivity index (χ0n) is 19.5. The SMILES string of the molecule is C=CC(=O)N1CC[C@H](O)[C@H]1C(=O)NCCn1cnc2cnc(Nc3ncc(-c4ncccc4F)s3)cc21. The van der Waals surface area contributed by atoms with Gasteiger partial charge < -0.3 is 25.2 Å². The van der Waals surface area contributed by atoms with Crippen molar-refractivity contribution in [1.82, 2.24) is 34.7 Å². The van der Waals surface area contributed by atoms with Crippen molar-refractivity contribution in [3.8, 4) is 10.6 Å². The lowest BCUT2D eigenvalue weighted by atomic mass is 10.1. The van der Waals surface area contributed by atoms with E-state index in [9.17, 15) is 19.1 Å². The lowest BCUT2D eigenvalue weighted by molar-refractivity contribution is -0.137. The molecule has 0 unspecified atom stereocenters. The van der Waals surface area contributed by atoms with Crippen LogP contribution in [0.25, 0.3) is 21.6 Å². The van der Waals surface area contributed by atoms with Gasteiger partial charge in [0.25, 0.3) is 0 Å². The van der Waals surface area contributed by atoms with Crippen molar-refractivity contribution in [2.45, 2.75) is 25.1 Å². The van der Waals surface area contributed by atoms with Crippen LogP contribution in [0.15, 0.2) is 55.8 Å². The number of nitrogens with zero attached hydrogens (tertiary/aromatic N) is 6. The van der Waals surface area contributed by atoms with E-state index in [0.717, 1.165) is 11.6 Å². The van der Waals surface area contributed by atoms with Gasteiger partial charge in [-0.25, -0.2) is 19.3 Å². The van der Waals surface area contributed by atoms with Gasteiger partial charge in [-0.1, -0.05) is 17.9 Å². The molecule has 37 heavy (non-hydrogen) atoms. The molecule has 0 radical (unpaired) electrons. The van der Waals surface area contributed by atoms with Crippen LogP contribution in [0.2, 0.25) is 0 Å². The van der Waals surface area contributed by atoms with Crippen LogP contribution in [-0.2, 0) is 16.1 Å². The number of carbonyl (C=O) groups is 2. The van der Waals surface area contributed by atoms with E-state index >= 15 is 0 Å². The Balaban J connectivity index is 1.24. The molecule has 1 aliphatic rings. The van der Waals surface area contributed by atoms with Crippen molar-refractivity contribution in [3.05, 3.63) is 61.6 Å². The van der Waals surface area contributed by atoms with Crippen molar-refractivity contribution in [2.24, 2.45) is 0 Å². The van der Waals surface area contributed by atoms with Crippen molar-refractivity contribution in [1.29, 1.82) is 0 Å². The topological polar surface area (TPSA) is 138 Å². The van der Waals surface area contributed by atoms with E-state index < -0.39 is 23.9 Å². The molecule has 0 saturated carbocycles. The Morgan fingerprint density at radius 1 is 1.27 bits per heavy atom. The fourth-order valence-electron chi connectivity index (χ4n) is 4.19. The number of aromatic nitrogens is 5. The molecule has 4 aromatic rings. The highest BCUT2D eigenvalue weighted by atomic mass is 32.1. The van der Waals surface area contributed by atoms with Crippen LogP contribution in [0, 0.1) is 5.82 Å². The molecule has 2 atom stereocenters. The van der Waals surface area contributed by atoms with Crippen molar-refractivity contribution >= 4 is 45.1 Å². The molecule has 2 amide bonds. The number of hydrogen-bond acceptors (Lipinski definition) is 9. The molecular formula is C24H23FN8O3S. The monoisotopic (exact) mass is 522 g/mol. The number of nitrogens with one attached hydrogen (secondary N) is 2. The minimum atomic E-state index is -0.937. The Morgan fingerprint density at radius 2 is 2.14 bits per heavy atom. The summed E-state index contributed by atoms with van der Waals surface area (Å²) in [5.74, 6) is -0.705. The number of aliphatic hydroxyl groups is 1. The number of pyridine rings is 2. The molecule has 11 nitrogen and oxygen atoms in total. The van der Waals surface area contributed by atoms with E-state index in [4.69, 9.17) is 0 Å². The van der Waals surface area contributed by atoms with E-state index in [0.29, 0.717) is 40.9 Å². The van der Waals surface area contributed by atoms with Gasteiger partial charge in [0, 0.05) is 38.1 Å². The number of fused-ring (bicyclic) bond motifs is 1. The second-order valence-electron chi connectivity index (χ2n) is 8.31. The number of amides is 2. The Labute approximate surface area is 214 Å². The first-order valence-corrected chi connectivity index (χ1v) is 12.3. The number of halogens is 1. The van der Waals surface area contributed by atoms with Crippen LogP contribution in [-0.4, -0.2) is 71.6 Å². The van der Waals surface area contributed by atoms with Crippen LogP contribution >= 0.6 is 11.3 Å². The van der Waals surface area contributed by atoms with Gasteiger partial charge in [0.15, 0.2) is 5.13 Å². The van der Waals surface area contributed by atoms with Crippen molar-refractivity contribution in [2.75, 3.05) is 18.4 Å². The highest BCUT2D eigenvalue weighted by molar-refractivity contribution is 7.18. The molecule has 190 valence electrons. The van der Waals surface area contributed by atoms with Crippen LogP contribution in [0.5, 0.6) is 0 Å². The predicted molar refractivity (Wildman–Crippen MR) is 135 cm³/mol. The molecule has 3 N–H and O–H groups in total. The molecule has 1 fully saturated rings. The number of anilines is 2. The van der Waals surface area contributed by atoms with E-state index in [2.05, 4.69) is 37.1 Å². The second kappa shape index (κ2) is 10.4. The van der Waals surface area contributed by atoms with Gasteiger partial charge in [0.2, 0.25) is 11.8 Å². The maximum atomic E-state index is 14.0. The zero-order chi connectivity index (χ0) is 25.9. The number of thiazole rings is 1. The highest BCUT2D eigenvalue weighted by Gasteiger charge is 2.39. The molecule has 1 saturated heterocycles. The van der Waals surface area contributed by atoms with Gasteiger partial charge in [-0.15, -0.1) is 0 Å². The number of rotatable bonds is 8. The summed E-state index contributed by atoms with van der Waals surface area (Å²) < 4.78 is 15.9. The van der Waals surface area contributed by atoms with Gasteiger partial charge in [-0.2, -0.15) is 0 Å². The molecule has 0 bridgehead atoms. The summed E-state index contributed by atoms with van der Waals surface area (Å²) in [6.07, 6.45) is 6.89. The van der Waals surface area contributed by atoms with E-state index in [1.54, 1.807) is 24.8 Å². The van der Waals surface area contributed by atoms with Gasteiger partial charge in [-0.3, -0.25) is 14.6 Å². The standard InChI is InChI=1S/C24H23FN8O3S/c1-2-20(35)33-8-5-17(34)22(33)23(36)27-7-9-32-13-30-15-11-28-19(10-16(15)32)31-24-29-12-18(37-24)21-14(25)4-3-6-26-21/h2-4,6,10-13,17,22,34H,1,5,7-9H2,(H,27,36)(H,28,29,31)/t17-,22-/m0/s1. The van der Waals surface area contributed by atoms with E-state index in [-0.39, 0.29) is 18.1 Å². The van der Waals surface area contributed by atoms with Crippen LogP contribution in [0.3, 0.4) is 0 Å². The lowest BCUT2D eigenvalue weighted by Crippen LogP contribution is -2.50. The van der Waals surface area contributed by atoms with Crippen LogP contribution < -0.4 is 10.6 Å². The Hall–Kier alpha value is -4.23. The summed E-state index contributed by atoms with van der Waals surface area (Å²) in [7, 11) is 0. The smallest absolute Gasteiger partial charge is 0.246 e. The van der Waals surface area contributed by atoms with Gasteiger partial charge in [0.1, 0.15) is 28.9 Å². The molecule has 1 aliphatic heterocycles. The number of aliphatic hydroxyl groups excluding tert-OH is 1. The number of likely N-dealkylation sites (tertiary alicyclic amines) is 1. The first kappa shape index (κ1) is 24.5. The Bertz CT molecular complexity index is 1470. The molecule has 5 heterocycles. The average Bonchev–Trinajstić information content (AvgIpc) is 3.63. The summed E-state index contributed by atoms with van der Waals surface area (Å²) in [5, 5.41) is 16.6. The van der Waals surface area contributed by atoms with Gasteiger partial charge in [-0.05, 0) is 24.6 Å². The third-order valence-corrected chi connectivity index (χ3v) is 6.90. The van der Waals surface area contributed by atoms with Gasteiger partial charge in [0.05, 0.1) is 29.0 Å². The van der Waals surface area contributed by atoms with Crippen molar-refractivity contribution in [3.63, 3.8) is 0 Å². The summed E-state index contributed by atoms with van der Waals surface area (Å²) >= 11 is 1.25. The molecule has 5 rings (SSSR count). The zero-order valence-corrected chi connectivity index (χ0v) is 20.4. The number of carbonyl (C=O) groups excluding carboxylic acids is 2. The first-order chi connectivity index (χ1) is 17.9. The molecule has 0 aromatic carbocycles. The minimum absolute atomic E-state index is 0.235. The Kier molecular flexibility index (Phi) is 6.88. The summed E-state index contributed by atoms with van der Waals surface area (Å²) in [5.41, 5.74) is 1.68. The largest absolute Gasteiger partial charge is 0.390 e. The second-order valence-corrected chi connectivity index (χ2v) is 9.34. The third-order valence-electron chi connectivity index (χ3n) is 5.98. The molecule has 4 aromatic heterocycles. The van der Waals surface area contributed by atoms with Crippen LogP contribution in [0.4, 0.5) is 15.3 Å². The lowest BCUT2D eigenvalue weighted by Gasteiger charge is -2.24. The minimum Gasteiger partial charge on any atom is -0.390 e. The van der Waals surface area contributed by atoms with Gasteiger partial charge >= 0.3 is 0 Å². The molecule has 13 heteroatoms. The summed E-state index contributed by atoms with van der Waals surface area (Å²) in [6, 6.07) is 3.75. The van der Waals surface area contributed by atoms with Crippen LogP contribution in [0.1, 0.15) is 6.42 Å². The molecule has 0 spiro atoms. The molecular weight excluding hydrogens is 499 g/mol. The summed E-state index contributed by atoms with van der Waals surface area (Å²) in [6.45, 7) is 4.43. The van der Waals surface area contributed by atoms with E-state index in [1.165, 1.54) is 34.6 Å². The number of hydrogen-bond donors (Lipinski definition) is 3. The first-order valence-electron chi connectivity index (χ1n) is 11.5. The average molecular weight is 523 g/mol. The summed E-state index contributed by atoms with van der Waals surface area (Å²) in [4.78, 5) is 43.7. The third kappa shape index (κ3) is 5.04. The fraction of sp³-hybridized carbons (Fsp3) is 0.250. The van der Waals surface area contributed by atoms with E-state index in [1.807, 2.05) is 4.57 Å². The molecule has 0 aliphatic carbocycles. The Morgan fingerprint density at radius 3 is 2.95 bits per heavy atom. The normalized spacial score (nSPS) is 17.2. The predicted octanol–water partition coefficient (Wildman–Crippen LogP) is 2.10. The maximum absolute atomic E-state index is 14.0. The number of imidazole rings is 1. The quantitative estimate of drug-likeness (QED) is 0.299. The highest BCUT2D eigenvalue weighted by Crippen LogP contribution is 2.31. The van der Waals surface area contributed by atoms with Crippen molar-refractivity contribution < 1.29 is 19.1 Å². The maximum Gasteiger partial charge on any atom is 0.246 e.